The lowest BCUT2D eigenvalue weighted by Gasteiger charge is -2.34. The van der Waals surface area contributed by atoms with Gasteiger partial charge in [0.1, 0.15) is 17.3 Å². The highest BCUT2D eigenvalue weighted by molar-refractivity contribution is 6.38. The summed E-state index contributed by atoms with van der Waals surface area (Å²) in [4.78, 5) is 11.9. The number of benzene rings is 2. The van der Waals surface area contributed by atoms with Crippen molar-refractivity contribution in [2.24, 2.45) is 5.92 Å². The van der Waals surface area contributed by atoms with E-state index in [1.807, 2.05) is 0 Å². The van der Waals surface area contributed by atoms with Gasteiger partial charge in [0.25, 0.3) is 0 Å². The average molecular weight is 494 g/mol. The van der Waals surface area contributed by atoms with E-state index in [1.165, 1.54) is 18.2 Å². The SMILES string of the molecule is C=CC(=O)Nc1ccc(F)cc1C1NNC2C[C@H](c3c(Cl)c(OC)cc(OC)c3Cl)CCC21. The number of hydrogen-bond acceptors (Lipinski definition) is 5. The molecule has 2 aromatic carbocycles. The first kappa shape index (κ1) is 23.8. The van der Waals surface area contributed by atoms with E-state index in [0.29, 0.717) is 32.8 Å². The topological polar surface area (TPSA) is 71.6 Å². The second kappa shape index (κ2) is 9.89. The second-order valence-corrected chi connectivity index (χ2v) is 9.05. The van der Waals surface area contributed by atoms with E-state index in [1.54, 1.807) is 26.4 Å². The molecule has 1 saturated heterocycles. The summed E-state index contributed by atoms with van der Waals surface area (Å²) in [6, 6.07) is 6.00. The molecule has 3 unspecified atom stereocenters. The number of hydrogen-bond donors (Lipinski definition) is 3. The highest BCUT2D eigenvalue weighted by atomic mass is 35.5. The molecule has 0 bridgehead atoms. The number of carbonyl (C=O) groups excluding carboxylic acids is 1. The molecular formula is C24H26Cl2FN3O3. The van der Waals surface area contributed by atoms with E-state index in [9.17, 15) is 9.18 Å². The van der Waals surface area contributed by atoms with Gasteiger partial charge in [-0.25, -0.2) is 9.82 Å². The van der Waals surface area contributed by atoms with Gasteiger partial charge in [-0.1, -0.05) is 29.8 Å². The summed E-state index contributed by atoms with van der Waals surface area (Å²) in [5.74, 6) is 0.622. The number of nitrogens with one attached hydrogen (secondary N) is 3. The van der Waals surface area contributed by atoms with Gasteiger partial charge in [-0.2, -0.15) is 0 Å². The summed E-state index contributed by atoms with van der Waals surface area (Å²) in [5, 5.41) is 3.77. The van der Waals surface area contributed by atoms with Crippen LogP contribution < -0.4 is 25.6 Å². The summed E-state index contributed by atoms with van der Waals surface area (Å²) in [7, 11) is 3.12. The van der Waals surface area contributed by atoms with Crippen LogP contribution in [0.1, 0.15) is 42.3 Å². The van der Waals surface area contributed by atoms with Crippen molar-refractivity contribution >= 4 is 34.8 Å². The van der Waals surface area contributed by atoms with Crippen LogP contribution in [0, 0.1) is 11.7 Å². The van der Waals surface area contributed by atoms with Crippen LogP contribution in [0.15, 0.2) is 36.9 Å². The molecule has 1 aliphatic carbocycles. The van der Waals surface area contributed by atoms with Crippen LogP contribution in [0.4, 0.5) is 10.1 Å². The minimum atomic E-state index is -0.359. The lowest BCUT2D eigenvalue weighted by atomic mass is 9.72. The Morgan fingerprint density at radius 2 is 1.85 bits per heavy atom. The Balaban J connectivity index is 1.60. The highest BCUT2D eigenvalue weighted by Gasteiger charge is 2.43. The first-order chi connectivity index (χ1) is 15.9. The molecule has 1 amide bonds. The molecule has 1 aliphatic heterocycles. The molecular weight excluding hydrogens is 468 g/mol. The van der Waals surface area contributed by atoms with Crippen LogP contribution in [0.5, 0.6) is 11.5 Å². The van der Waals surface area contributed by atoms with Gasteiger partial charge in [-0.3, -0.25) is 10.2 Å². The number of halogens is 3. The molecule has 6 nitrogen and oxygen atoms in total. The number of methoxy groups -OCH3 is 2. The molecule has 0 spiro atoms. The predicted molar refractivity (Wildman–Crippen MR) is 128 cm³/mol. The van der Waals surface area contributed by atoms with Crippen LogP contribution in [0.2, 0.25) is 10.0 Å². The molecule has 1 heterocycles. The van der Waals surface area contributed by atoms with E-state index in [0.717, 1.165) is 24.8 Å². The molecule has 176 valence electrons. The maximum Gasteiger partial charge on any atom is 0.247 e. The standard InChI is InChI=1S/C24H26Cl2FN3O3/c1-4-20(31)28-16-8-6-13(27)10-15(16)24-14-7-5-12(9-17(14)29-30-24)21-22(25)18(32-2)11-19(33-3)23(21)26/h4,6,8,10-12,14,17,24,29-30H,1,5,7,9H2,2-3H3,(H,28,31)/t12-,14?,17?,24?/m1/s1. The zero-order valence-corrected chi connectivity index (χ0v) is 19.9. The van der Waals surface area contributed by atoms with Crippen molar-refractivity contribution in [1.82, 2.24) is 10.9 Å². The van der Waals surface area contributed by atoms with Crippen molar-refractivity contribution < 1.29 is 18.7 Å². The van der Waals surface area contributed by atoms with Gasteiger partial charge in [0.15, 0.2) is 0 Å². The Labute approximate surface area is 202 Å². The average Bonchev–Trinajstić information content (AvgIpc) is 3.23. The third-order valence-corrected chi connectivity index (χ3v) is 7.34. The number of rotatable bonds is 6. The maximum absolute atomic E-state index is 14.1. The summed E-state index contributed by atoms with van der Waals surface area (Å²) in [5.41, 5.74) is 8.76. The third kappa shape index (κ3) is 4.55. The molecule has 2 aromatic rings. The molecule has 0 radical (unpaired) electrons. The Morgan fingerprint density at radius 1 is 1.15 bits per heavy atom. The van der Waals surface area contributed by atoms with Gasteiger partial charge in [0.05, 0.1) is 30.3 Å². The van der Waals surface area contributed by atoms with Crippen molar-refractivity contribution in [2.75, 3.05) is 19.5 Å². The summed E-state index contributed by atoms with van der Waals surface area (Å²) < 4.78 is 25.0. The monoisotopic (exact) mass is 493 g/mol. The van der Waals surface area contributed by atoms with Crippen LogP contribution in [0.3, 0.4) is 0 Å². The Bertz CT molecular complexity index is 1050. The van der Waals surface area contributed by atoms with Crippen LogP contribution in [-0.2, 0) is 4.79 Å². The number of carbonyl (C=O) groups is 1. The fourth-order valence-electron chi connectivity index (χ4n) is 4.98. The van der Waals surface area contributed by atoms with Crippen molar-refractivity contribution in [3.8, 4) is 11.5 Å². The van der Waals surface area contributed by atoms with E-state index < -0.39 is 0 Å². The first-order valence-corrected chi connectivity index (χ1v) is 11.5. The largest absolute Gasteiger partial charge is 0.495 e. The summed E-state index contributed by atoms with van der Waals surface area (Å²) in [6.45, 7) is 3.49. The van der Waals surface area contributed by atoms with Gasteiger partial charge in [-0.15, -0.1) is 0 Å². The molecule has 3 N–H and O–H groups in total. The number of fused-ring (bicyclic) bond motifs is 1. The molecule has 0 aromatic heterocycles. The zero-order valence-electron chi connectivity index (χ0n) is 18.4. The normalized spacial score (nSPS) is 24.2. The molecule has 1 saturated carbocycles. The number of amides is 1. The van der Waals surface area contributed by atoms with Gasteiger partial charge >= 0.3 is 0 Å². The Hall–Kier alpha value is -2.32. The van der Waals surface area contributed by atoms with Crippen LogP contribution in [0.25, 0.3) is 0 Å². The van der Waals surface area contributed by atoms with E-state index in [4.69, 9.17) is 32.7 Å². The van der Waals surface area contributed by atoms with Crippen molar-refractivity contribution in [2.45, 2.75) is 37.3 Å². The van der Waals surface area contributed by atoms with Crippen molar-refractivity contribution in [3.63, 3.8) is 0 Å². The minimum Gasteiger partial charge on any atom is -0.495 e. The quantitative estimate of drug-likeness (QED) is 0.471. The molecule has 2 aliphatic rings. The van der Waals surface area contributed by atoms with E-state index in [2.05, 4.69) is 22.7 Å². The first-order valence-electron chi connectivity index (χ1n) is 10.7. The predicted octanol–water partition coefficient (Wildman–Crippen LogP) is 5.38. The molecule has 2 fully saturated rings. The van der Waals surface area contributed by atoms with E-state index >= 15 is 0 Å². The fraction of sp³-hybridized carbons (Fsp3) is 0.375. The number of anilines is 1. The number of ether oxygens (including phenoxy) is 2. The molecule has 33 heavy (non-hydrogen) atoms. The van der Waals surface area contributed by atoms with Crippen molar-refractivity contribution in [1.29, 1.82) is 0 Å². The second-order valence-electron chi connectivity index (χ2n) is 8.29. The van der Waals surface area contributed by atoms with Gasteiger partial charge < -0.3 is 14.8 Å². The lowest BCUT2D eigenvalue weighted by molar-refractivity contribution is -0.111. The smallest absolute Gasteiger partial charge is 0.247 e. The lowest BCUT2D eigenvalue weighted by Crippen LogP contribution is -2.35. The summed E-state index contributed by atoms with van der Waals surface area (Å²) in [6.07, 6.45) is 3.64. The molecule has 9 heteroatoms. The highest BCUT2D eigenvalue weighted by Crippen LogP contribution is 2.51. The van der Waals surface area contributed by atoms with Gasteiger partial charge in [-0.05, 0) is 60.9 Å². The molecule has 4 rings (SSSR count). The van der Waals surface area contributed by atoms with Crippen LogP contribution in [-0.4, -0.2) is 26.2 Å². The van der Waals surface area contributed by atoms with Crippen molar-refractivity contribution in [3.05, 3.63) is 63.9 Å². The Morgan fingerprint density at radius 3 is 2.48 bits per heavy atom. The Kier molecular flexibility index (Phi) is 7.14. The fourth-order valence-corrected chi connectivity index (χ4v) is 5.79. The minimum absolute atomic E-state index is 0.0933. The molecule has 4 atom stereocenters. The third-order valence-electron chi connectivity index (χ3n) is 6.56. The maximum atomic E-state index is 14.1. The summed E-state index contributed by atoms with van der Waals surface area (Å²) >= 11 is 13.3. The van der Waals surface area contributed by atoms with Gasteiger partial charge in [0, 0.05) is 23.4 Å². The van der Waals surface area contributed by atoms with Crippen LogP contribution >= 0.6 is 23.2 Å². The van der Waals surface area contributed by atoms with E-state index in [-0.39, 0.29) is 35.6 Å². The zero-order chi connectivity index (χ0) is 23.7. The van der Waals surface area contributed by atoms with Gasteiger partial charge in [0.2, 0.25) is 5.91 Å². The number of hydrazine groups is 1.